The second kappa shape index (κ2) is 3.02. The number of phenols is 2. The number of nitrogens with two attached hydrogens (primary N) is 2. The first-order chi connectivity index (χ1) is 5.46. The highest BCUT2D eigenvalue weighted by Gasteiger charge is 2.16. The smallest absolute Gasteiger partial charge is 0.156 e. The van der Waals surface area contributed by atoms with Crippen LogP contribution in [0.3, 0.4) is 0 Å². The van der Waals surface area contributed by atoms with Crippen LogP contribution in [-0.2, 0) is 0 Å². The van der Waals surface area contributed by atoms with E-state index < -0.39 is 0 Å². The lowest BCUT2D eigenvalue weighted by Gasteiger charge is -2.09. The van der Waals surface area contributed by atoms with Crippen LogP contribution in [-0.4, -0.2) is 10.2 Å². The lowest BCUT2D eigenvalue weighted by Crippen LogP contribution is -1.94. The molecule has 0 aliphatic rings. The van der Waals surface area contributed by atoms with Crippen LogP contribution in [0.5, 0.6) is 11.5 Å². The van der Waals surface area contributed by atoms with Crippen LogP contribution < -0.4 is 11.5 Å². The van der Waals surface area contributed by atoms with E-state index in [2.05, 4.69) is 31.9 Å². The van der Waals surface area contributed by atoms with Gasteiger partial charge in [-0.1, -0.05) is 0 Å². The predicted molar refractivity (Wildman–Crippen MR) is 54.0 cm³/mol. The van der Waals surface area contributed by atoms with Crippen LogP contribution in [0, 0.1) is 0 Å². The Kier molecular flexibility index (Phi) is 2.39. The average molecular weight is 298 g/mol. The molecule has 6 heteroatoms. The molecule has 0 fully saturated rings. The SMILES string of the molecule is Nc1c(O)c(Br)c(N)c(O)c1Br. The second-order valence-electron chi connectivity index (χ2n) is 2.15. The molecule has 6 N–H and O–H groups in total. The molecule has 0 heterocycles. The summed E-state index contributed by atoms with van der Waals surface area (Å²) in [6.07, 6.45) is 0. The first kappa shape index (κ1) is 9.47. The maximum atomic E-state index is 9.30. The number of halogens is 2. The van der Waals surface area contributed by atoms with Crippen molar-refractivity contribution in [1.29, 1.82) is 0 Å². The molecule has 0 atom stereocenters. The van der Waals surface area contributed by atoms with Gasteiger partial charge in [0.25, 0.3) is 0 Å². The van der Waals surface area contributed by atoms with Crippen molar-refractivity contribution >= 4 is 43.2 Å². The van der Waals surface area contributed by atoms with Crippen molar-refractivity contribution in [2.45, 2.75) is 0 Å². The number of hydrogen-bond acceptors (Lipinski definition) is 4. The van der Waals surface area contributed by atoms with E-state index in [1.54, 1.807) is 0 Å². The minimum atomic E-state index is -0.183. The van der Waals surface area contributed by atoms with Gasteiger partial charge in [-0.3, -0.25) is 0 Å². The Labute approximate surface area is 85.4 Å². The third kappa shape index (κ3) is 1.21. The largest absolute Gasteiger partial charge is 0.505 e. The fraction of sp³-hybridized carbons (Fsp3) is 0. The molecule has 0 bridgehead atoms. The van der Waals surface area contributed by atoms with Gasteiger partial charge in [0.15, 0.2) is 11.5 Å². The molecule has 0 amide bonds. The molecule has 0 aliphatic heterocycles. The highest BCUT2D eigenvalue weighted by Crippen LogP contribution is 2.47. The van der Waals surface area contributed by atoms with Gasteiger partial charge < -0.3 is 21.7 Å². The molecule has 4 nitrogen and oxygen atoms in total. The predicted octanol–water partition coefficient (Wildman–Crippen LogP) is 1.79. The summed E-state index contributed by atoms with van der Waals surface area (Å²) in [6, 6.07) is 0. The van der Waals surface area contributed by atoms with E-state index >= 15 is 0 Å². The number of phenolic OH excluding ortho intramolecular Hbond substituents is 2. The molecule has 0 saturated carbocycles. The zero-order chi connectivity index (χ0) is 9.46. The van der Waals surface area contributed by atoms with Gasteiger partial charge in [-0.15, -0.1) is 0 Å². The van der Waals surface area contributed by atoms with Crippen LogP contribution in [0.1, 0.15) is 0 Å². The number of aromatic hydroxyl groups is 2. The molecule has 0 saturated heterocycles. The molecule has 66 valence electrons. The van der Waals surface area contributed by atoms with Crippen LogP contribution >= 0.6 is 31.9 Å². The molecule has 0 unspecified atom stereocenters. The first-order valence-electron chi connectivity index (χ1n) is 2.90. The zero-order valence-corrected chi connectivity index (χ0v) is 8.98. The Bertz CT molecular complexity index is 236. The number of benzene rings is 1. The summed E-state index contributed by atoms with van der Waals surface area (Å²) in [6.45, 7) is 0. The number of hydrogen-bond donors (Lipinski definition) is 4. The Hall–Kier alpha value is -0.620. The van der Waals surface area contributed by atoms with E-state index in [-0.39, 0.29) is 31.8 Å². The van der Waals surface area contributed by atoms with Crippen LogP contribution in [0.4, 0.5) is 11.4 Å². The Morgan fingerprint density at radius 3 is 1.33 bits per heavy atom. The minimum absolute atomic E-state index is 0.0496. The maximum Gasteiger partial charge on any atom is 0.156 e. The van der Waals surface area contributed by atoms with E-state index in [0.29, 0.717) is 0 Å². The Morgan fingerprint density at radius 2 is 1.08 bits per heavy atom. The highest BCUT2D eigenvalue weighted by atomic mass is 79.9. The lowest BCUT2D eigenvalue weighted by molar-refractivity contribution is 0.459. The van der Waals surface area contributed by atoms with E-state index in [4.69, 9.17) is 11.5 Å². The van der Waals surface area contributed by atoms with Crippen molar-refractivity contribution in [3.05, 3.63) is 8.95 Å². The van der Waals surface area contributed by atoms with Gasteiger partial charge in [0.1, 0.15) is 0 Å². The molecular weight excluding hydrogens is 292 g/mol. The molecule has 1 rings (SSSR count). The Morgan fingerprint density at radius 1 is 0.833 bits per heavy atom. The third-order valence-corrected chi connectivity index (χ3v) is 3.00. The van der Waals surface area contributed by atoms with Crippen molar-refractivity contribution < 1.29 is 10.2 Å². The second-order valence-corrected chi connectivity index (χ2v) is 3.74. The van der Waals surface area contributed by atoms with Gasteiger partial charge in [-0.05, 0) is 31.9 Å². The lowest BCUT2D eigenvalue weighted by atomic mass is 10.2. The zero-order valence-electron chi connectivity index (χ0n) is 5.81. The van der Waals surface area contributed by atoms with E-state index in [1.165, 1.54) is 0 Å². The number of nitrogen functional groups attached to an aromatic ring is 2. The van der Waals surface area contributed by atoms with Gasteiger partial charge in [0.2, 0.25) is 0 Å². The first-order valence-corrected chi connectivity index (χ1v) is 4.49. The maximum absolute atomic E-state index is 9.30. The van der Waals surface area contributed by atoms with Crippen LogP contribution in [0.2, 0.25) is 0 Å². The summed E-state index contributed by atoms with van der Waals surface area (Å²) < 4.78 is 0.390. The number of rotatable bonds is 0. The number of anilines is 2. The normalized spacial score (nSPS) is 10.2. The van der Waals surface area contributed by atoms with Crippen molar-refractivity contribution in [2.24, 2.45) is 0 Å². The van der Waals surface area contributed by atoms with E-state index in [1.807, 2.05) is 0 Å². The average Bonchev–Trinajstić information content (AvgIpc) is 2.08. The van der Waals surface area contributed by atoms with E-state index in [0.717, 1.165) is 0 Å². The summed E-state index contributed by atoms with van der Waals surface area (Å²) >= 11 is 5.96. The molecule has 1 aromatic rings. The Balaban J connectivity index is 3.60. The molecule has 12 heavy (non-hydrogen) atoms. The van der Waals surface area contributed by atoms with Crippen molar-refractivity contribution in [3.63, 3.8) is 0 Å². The third-order valence-electron chi connectivity index (χ3n) is 1.40. The quantitative estimate of drug-likeness (QED) is 0.334. The van der Waals surface area contributed by atoms with E-state index in [9.17, 15) is 10.2 Å². The van der Waals surface area contributed by atoms with Crippen molar-refractivity contribution in [2.75, 3.05) is 11.5 Å². The summed E-state index contributed by atoms with van der Waals surface area (Å²) in [4.78, 5) is 0. The molecule has 0 radical (unpaired) electrons. The fourth-order valence-corrected chi connectivity index (χ4v) is 1.50. The van der Waals surface area contributed by atoms with Crippen LogP contribution in [0.25, 0.3) is 0 Å². The molecular formula is C6H6Br2N2O2. The van der Waals surface area contributed by atoms with Gasteiger partial charge in [-0.25, -0.2) is 0 Å². The van der Waals surface area contributed by atoms with Gasteiger partial charge >= 0.3 is 0 Å². The van der Waals surface area contributed by atoms with Crippen LogP contribution in [0.15, 0.2) is 8.95 Å². The van der Waals surface area contributed by atoms with Gasteiger partial charge in [0.05, 0.1) is 20.3 Å². The molecule has 1 aromatic carbocycles. The molecule has 0 aromatic heterocycles. The van der Waals surface area contributed by atoms with Gasteiger partial charge in [0, 0.05) is 0 Å². The molecule has 0 spiro atoms. The van der Waals surface area contributed by atoms with Crippen molar-refractivity contribution in [1.82, 2.24) is 0 Å². The van der Waals surface area contributed by atoms with Crippen molar-refractivity contribution in [3.8, 4) is 11.5 Å². The summed E-state index contributed by atoms with van der Waals surface area (Å²) in [5.41, 5.74) is 10.9. The summed E-state index contributed by atoms with van der Waals surface area (Å²) in [7, 11) is 0. The monoisotopic (exact) mass is 296 g/mol. The topological polar surface area (TPSA) is 92.5 Å². The highest BCUT2D eigenvalue weighted by molar-refractivity contribution is 9.11. The summed E-state index contributed by atoms with van der Waals surface area (Å²) in [5.74, 6) is -0.366. The fourth-order valence-electron chi connectivity index (χ4n) is 0.699. The summed E-state index contributed by atoms with van der Waals surface area (Å²) in [5, 5.41) is 18.6. The minimum Gasteiger partial charge on any atom is -0.505 e. The standard InChI is InChI=1S/C6H6Br2N2O2/c7-1-3(9)6(12)2(8)4(10)5(1)11/h11-12H,9-10H2. The molecule has 0 aliphatic carbocycles. The van der Waals surface area contributed by atoms with Gasteiger partial charge in [-0.2, -0.15) is 0 Å².